The van der Waals surface area contributed by atoms with E-state index in [9.17, 15) is 14.4 Å². The highest BCUT2D eigenvalue weighted by molar-refractivity contribution is 6.06. The lowest BCUT2D eigenvalue weighted by Crippen LogP contribution is -2.49. The van der Waals surface area contributed by atoms with Crippen LogP contribution in [0.2, 0.25) is 0 Å². The van der Waals surface area contributed by atoms with E-state index in [1.165, 1.54) is 4.90 Å². The minimum Gasteiger partial charge on any atom is -0.342 e. The first-order valence-corrected chi connectivity index (χ1v) is 8.61. The summed E-state index contributed by atoms with van der Waals surface area (Å²) in [7, 11) is 1.77. The van der Waals surface area contributed by atoms with Gasteiger partial charge in [0.1, 0.15) is 0 Å². The predicted molar refractivity (Wildman–Crippen MR) is 96.5 cm³/mol. The number of hydrogen-bond donors (Lipinski definition) is 2. The van der Waals surface area contributed by atoms with Crippen molar-refractivity contribution >= 4 is 23.5 Å². The van der Waals surface area contributed by atoms with Crippen molar-refractivity contribution < 1.29 is 14.4 Å². The van der Waals surface area contributed by atoms with Gasteiger partial charge in [0.05, 0.1) is 0 Å². The molecule has 7 nitrogen and oxygen atoms in total. The summed E-state index contributed by atoms with van der Waals surface area (Å²) in [6, 6.07) is 4.88. The average molecular weight is 346 g/mol. The highest BCUT2D eigenvalue weighted by Gasteiger charge is 2.26. The lowest BCUT2D eigenvalue weighted by molar-refractivity contribution is -0.120. The third kappa shape index (κ3) is 4.79. The first kappa shape index (κ1) is 18.9. The molecule has 4 amide bonds. The first-order chi connectivity index (χ1) is 11.9. The van der Waals surface area contributed by atoms with Gasteiger partial charge in [0.25, 0.3) is 5.91 Å². The van der Waals surface area contributed by atoms with E-state index in [0.717, 1.165) is 24.8 Å². The normalized spacial score (nSPS) is 14.4. The van der Waals surface area contributed by atoms with Crippen LogP contribution in [0.4, 0.5) is 10.5 Å². The molecule has 3 N–H and O–H groups in total. The molecule has 0 saturated carbocycles. The van der Waals surface area contributed by atoms with Crippen LogP contribution in [-0.4, -0.2) is 49.4 Å². The van der Waals surface area contributed by atoms with E-state index in [4.69, 9.17) is 5.73 Å². The Kier molecular flexibility index (Phi) is 6.52. The van der Waals surface area contributed by atoms with Gasteiger partial charge in [0.2, 0.25) is 5.91 Å². The van der Waals surface area contributed by atoms with Crippen molar-refractivity contribution in [3.63, 3.8) is 0 Å². The maximum atomic E-state index is 12.6. The third-order valence-corrected chi connectivity index (χ3v) is 4.35. The van der Waals surface area contributed by atoms with Crippen LogP contribution in [0.3, 0.4) is 0 Å². The summed E-state index contributed by atoms with van der Waals surface area (Å²) in [6.45, 7) is 3.53. The molecule has 1 fully saturated rings. The topological polar surface area (TPSA) is 95.7 Å². The Labute approximate surface area is 148 Å². The van der Waals surface area contributed by atoms with Crippen LogP contribution in [-0.2, 0) is 4.79 Å². The summed E-state index contributed by atoms with van der Waals surface area (Å²) in [5, 5.41) is 2.31. The summed E-state index contributed by atoms with van der Waals surface area (Å²) >= 11 is 0. The molecule has 0 unspecified atom stereocenters. The molecule has 2 rings (SSSR count). The molecule has 0 aromatic heterocycles. The highest BCUT2D eigenvalue weighted by Crippen LogP contribution is 2.24. The number of urea groups is 1. The fourth-order valence-corrected chi connectivity index (χ4v) is 2.82. The average Bonchev–Trinajstić information content (AvgIpc) is 2.59. The van der Waals surface area contributed by atoms with E-state index >= 15 is 0 Å². The number of imide groups is 1. The van der Waals surface area contributed by atoms with E-state index in [0.29, 0.717) is 30.9 Å². The molecule has 1 heterocycles. The summed E-state index contributed by atoms with van der Waals surface area (Å²) in [4.78, 5) is 39.2. The van der Waals surface area contributed by atoms with Gasteiger partial charge in [-0.1, -0.05) is 12.5 Å². The van der Waals surface area contributed by atoms with Gasteiger partial charge in [-0.25, -0.2) is 4.79 Å². The van der Waals surface area contributed by atoms with Crippen molar-refractivity contribution in [1.29, 1.82) is 0 Å². The molecule has 25 heavy (non-hydrogen) atoms. The molecular weight excluding hydrogens is 320 g/mol. The van der Waals surface area contributed by atoms with Crippen molar-refractivity contribution in [2.24, 2.45) is 5.73 Å². The second-order valence-corrected chi connectivity index (χ2v) is 6.33. The second-order valence-electron chi connectivity index (χ2n) is 6.33. The quantitative estimate of drug-likeness (QED) is 0.734. The van der Waals surface area contributed by atoms with Gasteiger partial charge < -0.3 is 10.6 Å². The summed E-state index contributed by atoms with van der Waals surface area (Å²) in [6.07, 6.45) is 3.12. The Morgan fingerprint density at radius 2 is 2.04 bits per heavy atom. The van der Waals surface area contributed by atoms with Gasteiger partial charge in [-0.15, -0.1) is 0 Å². The smallest absolute Gasteiger partial charge is 0.328 e. The van der Waals surface area contributed by atoms with Crippen LogP contribution in [0.25, 0.3) is 0 Å². The molecule has 1 aromatic rings. The van der Waals surface area contributed by atoms with E-state index in [1.54, 1.807) is 24.1 Å². The molecule has 1 aromatic carbocycles. The van der Waals surface area contributed by atoms with Crippen LogP contribution >= 0.6 is 0 Å². The molecule has 136 valence electrons. The van der Waals surface area contributed by atoms with Crippen molar-refractivity contribution in [1.82, 2.24) is 10.2 Å². The molecule has 1 aliphatic rings. The summed E-state index contributed by atoms with van der Waals surface area (Å²) in [5.74, 6) is -0.356. The van der Waals surface area contributed by atoms with E-state index in [2.05, 4.69) is 5.32 Å². The van der Waals surface area contributed by atoms with Gasteiger partial charge in [-0.05, 0) is 44.0 Å². The molecule has 1 saturated heterocycles. The van der Waals surface area contributed by atoms with Crippen LogP contribution in [0, 0.1) is 6.92 Å². The molecule has 7 heteroatoms. The molecule has 0 radical (unpaired) electrons. The van der Waals surface area contributed by atoms with E-state index < -0.39 is 6.03 Å². The zero-order valence-electron chi connectivity index (χ0n) is 14.9. The maximum absolute atomic E-state index is 12.6. The lowest BCUT2D eigenvalue weighted by atomic mass is 10.1. The first-order valence-electron chi connectivity index (χ1n) is 8.61. The highest BCUT2D eigenvalue weighted by atomic mass is 16.2. The Morgan fingerprint density at radius 3 is 2.72 bits per heavy atom. The van der Waals surface area contributed by atoms with Gasteiger partial charge in [0.15, 0.2) is 0 Å². The number of nitrogens with one attached hydrogen (secondary N) is 1. The zero-order valence-corrected chi connectivity index (χ0v) is 14.9. The van der Waals surface area contributed by atoms with Crippen LogP contribution in [0.15, 0.2) is 18.2 Å². The third-order valence-electron chi connectivity index (χ3n) is 4.35. The number of benzene rings is 1. The van der Waals surface area contributed by atoms with Crippen molar-refractivity contribution in [2.45, 2.75) is 32.6 Å². The fraction of sp³-hybridized carbons (Fsp3) is 0.500. The minimum absolute atomic E-state index is 0.0810. The standard InChI is InChI=1S/C18H26N4O3/c1-13-6-7-14(17(24)21(2)10-5-3-4-9-19)12-15(13)22-11-8-16(23)20-18(22)25/h6-7,12H,3-5,8-11,19H2,1-2H3,(H,20,23,25). The van der Waals surface area contributed by atoms with Gasteiger partial charge in [0, 0.05) is 37.8 Å². The van der Waals surface area contributed by atoms with Crippen molar-refractivity contribution in [3.05, 3.63) is 29.3 Å². The lowest BCUT2D eigenvalue weighted by Gasteiger charge is -2.28. The number of anilines is 1. The molecule has 0 atom stereocenters. The Morgan fingerprint density at radius 1 is 1.28 bits per heavy atom. The Bertz CT molecular complexity index is 660. The minimum atomic E-state index is -0.445. The second kappa shape index (κ2) is 8.62. The van der Waals surface area contributed by atoms with E-state index in [-0.39, 0.29) is 18.2 Å². The molecule has 0 bridgehead atoms. The fourth-order valence-electron chi connectivity index (χ4n) is 2.82. The largest absolute Gasteiger partial charge is 0.342 e. The Hall–Kier alpha value is -2.41. The van der Waals surface area contributed by atoms with Gasteiger partial charge in [-0.2, -0.15) is 0 Å². The van der Waals surface area contributed by atoms with Crippen LogP contribution in [0.1, 0.15) is 41.6 Å². The number of aryl methyl sites for hydroxylation is 1. The predicted octanol–water partition coefficient (Wildman–Crippen LogP) is 1.64. The van der Waals surface area contributed by atoms with Gasteiger partial charge in [-0.3, -0.25) is 19.8 Å². The number of nitrogens with zero attached hydrogens (tertiary/aromatic N) is 2. The Balaban J connectivity index is 2.11. The van der Waals surface area contributed by atoms with E-state index in [1.807, 2.05) is 13.0 Å². The summed E-state index contributed by atoms with van der Waals surface area (Å²) < 4.78 is 0. The maximum Gasteiger partial charge on any atom is 0.328 e. The zero-order chi connectivity index (χ0) is 18.4. The number of carbonyl (C=O) groups excluding carboxylic acids is 3. The van der Waals surface area contributed by atoms with Crippen molar-refractivity contribution in [3.8, 4) is 0 Å². The summed E-state index contributed by atoms with van der Waals surface area (Å²) in [5.41, 5.74) is 7.55. The SMILES string of the molecule is Cc1ccc(C(=O)N(C)CCCCCN)cc1N1CCC(=O)NC1=O. The number of hydrogen-bond acceptors (Lipinski definition) is 4. The number of unbranched alkanes of at least 4 members (excludes halogenated alkanes) is 2. The number of nitrogens with two attached hydrogens (primary N) is 1. The van der Waals surface area contributed by atoms with Gasteiger partial charge >= 0.3 is 6.03 Å². The monoisotopic (exact) mass is 346 g/mol. The molecule has 0 aliphatic carbocycles. The molecule has 1 aliphatic heterocycles. The molecular formula is C18H26N4O3. The van der Waals surface area contributed by atoms with Crippen molar-refractivity contribution in [2.75, 3.05) is 31.6 Å². The number of rotatable bonds is 7. The molecule has 0 spiro atoms. The number of amides is 4. The van der Waals surface area contributed by atoms with Crippen LogP contribution in [0.5, 0.6) is 0 Å². The van der Waals surface area contributed by atoms with Crippen LogP contribution < -0.4 is 16.0 Å². The number of carbonyl (C=O) groups is 3.